The molecule has 1 aromatic heterocycles. The third-order valence-electron chi connectivity index (χ3n) is 7.79. The number of aliphatic hydroxyl groups is 1. The summed E-state index contributed by atoms with van der Waals surface area (Å²) < 4.78 is 10.2. The van der Waals surface area contributed by atoms with Gasteiger partial charge in [-0.3, -0.25) is 19.3 Å². The number of hydrogen-bond acceptors (Lipinski definition) is 10. The Morgan fingerprint density at radius 2 is 1.93 bits per heavy atom. The van der Waals surface area contributed by atoms with Gasteiger partial charge < -0.3 is 24.8 Å². The molecule has 2 amide bonds. The number of methoxy groups -OCH3 is 1. The summed E-state index contributed by atoms with van der Waals surface area (Å²) in [5.74, 6) is -1.91. The average Bonchev–Trinajstić information content (AvgIpc) is 3.45. The number of nitrogens with zero attached hydrogens (tertiary/aromatic N) is 3. The van der Waals surface area contributed by atoms with Crippen LogP contribution < -0.4 is 5.32 Å². The first-order chi connectivity index (χ1) is 19.4. The van der Waals surface area contributed by atoms with E-state index in [1.165, 1.54) is 17.4 Å². The fraction of sp³-hybridized carbons (Fsp3) is 0.759. The molecule has 1 fully saturated rings. The van der Waals surface area contributed by atoms with E-state index >= 15 is 0 Å². The second kappa shape index (κ2) is 16.8. The molecule has 2 rings (SSSR count). The van der Waals surface area contributed by atoms with Gasteiger partial charge in [0.15, 0.2) is 12.4 Å². The number of likely N-dealkylation sites (tertiary alicyclic amines) is 1. The van der Waals surface area contributed by atoms with Crippen LogP contribution >= 0.6 is 11.3 Å². The van der Waals surface area contributed by atoms with E-state index < -0.39 is 30.1 Å². The van der Waals surface area contributed by atoms with Crippen molar-refractivity contribution in [3.8, 4) is 0 Å². The number of esters is 2. The lowest BCUT2D eigenvalue weighted by Gasteiger charge is -2.39. The van der Waals surface area contributed by atoms with E-state index in [-0.39, 0.29) is 55.0 Å². The number of aliphatic hydroxyl groups excluding tert-OH is 1. The van der Waals surface area contributed by atoms with E-state index in [1.54, 1.807) is 0 Å². The van der Waals surface area contributed by atoms with Gasteiger partial charge in [-0.1, -0.05) is 47.5 Å². The number of hydrogen-bond donors (Lipinski definition) is 2. The fourth-order valence-corrected chi connectivity index (χ4v) is 5.77. The van der Waals surface area contributed by atoms with Gasteiger partial charge in [0, 0.05) is 24.3 Å². The normalized spacial score (nSPS) is 18.7. The van der Waals surface area contributed by atoms with E-state index in [0.29, 0.717) is 17.8 Å². The molecule has 0 aromatic carbocycles. The van der Waals surface area contributed by atoms with Crippen LogP contribution in [0.3, 0.4) is 0 Å². The van der Waals surface area contributed by atoms with Crippen LogP contribution in [0.25, 0.3) is 0 Å². The van der Waals surface area contributed by atoms with E-state index in [9.17, 15) is 24.3 Å². The quantitative estimate of drug-likeness (QED) is 0.230. The lowest BCUT2D eigenvalue weighted by atomic mass is 9.92. The number of ether oxygens (including phenoxy) is 2. The Hall–Kier alpha value is -2.57. The van der Waals surface area contributed by atoms with Crippen molar-refractivity contribution in [1.29, 1.82) is 0 Å². The van der Waals surface area contributed by atoms with Crippen LogP contribution in [0.15, 0.2) is 5.38 Å². The highest BCUT2D eigenvalue weighted by molar-refractivity contribution is 7.09. The zero-order valence-electron chi connectivity index (χ0n) is 25.6. The van der Waals surface area contributed by atoms with E-state index in [2.05, 4.69) is 10.3 Å². The second-order valence-corrected chi connectivity index (χ2v) is 12.1. The van der Waals surface area contributed by atoms with Gasteiger partial charge >= 0.3 is 11.9 Å². The molecule has 0 radical (unpaired) electrons. The molecular weight excluding hydrogens is 548 g/mol. The molecule has 232 valence electrons. The first-order valence-electron chi connectivity index (χ1n) is 14.6. The Labute approximate surface area is 248 Å². The molecule has 2 heterocycles. The number of aromatic nitrogens is 1. The van der Waals surface area contributed by atoms with Crippen LogP contribution in [-0.2, 0) is 23.9 Å². The summed E-state index contributed by atoms with van der Waals surface area (Å²) in [5, 5.41) is 16.0. The molecule has 1 saturated heterocycles. The summed E-state index contributed by atoms with van der Waals surface area (Å²) >= 11 is 1.13. The standard InChI is InChI=1S/C29H48N4O7S/c1-8-12-24(35)40-17-33(22(18(3)4)15-23(34)27-30-20(16-41-27)29(38)39-7)28(37)25(19(5)9-2)31-26(36)21-13-10-11-14-32(21)6/h16,18-19,21-23,25,34H,8-15,17H2,1-7H3,(H,31,36)/t19-,21+,22+,23+,25-/m0/s1. The predicted octanol–water partition coefficient (Wildman–Crippen LogP) is 3.52. The monoisotopic (exact) mass is 596 g/mol. The van der Waals surface area contributed by atoms with Crippen LogP contribution in [0, 0.1) is 11.8 Å². The van der Waals surface area contributed by atoms with E-state index in [0.717, 1.165) is 37.1 Å². The number of likely N-dealkylation sites (N-methyl/N-ethyl adjacent to an activating group) is 1. The van der Waals surface area contributed by atoms with Gasteiger partial charge in [-0.05, 0) is 44.7 Å². The predicted molar refractivity (Wildman–Crippen MR) is 156 cm³/mol. The van der Waals surface area contributed by atoms with Crippen LogP contribution in [0.1, 0.15) is 101 Å². The summed E-state index contributed by atoms with van der Waals surface area (Å²) in [5.41, 5.74) is 0.0984. The number of rotatable bonds is 15. The highest BCUT2D eigenvalue weighted by Gasteiger charge is 2.38. The minimum atomic E-state index is -1.08. The van der Waals surface area contributed by atoms with E-state index in [1.807, 2.05) is 46.6 Å². The number of carbonyl (C=O) groups excluding carboxylic acids is 4. The van der Waals surface area contributed by atoms with Crippen molar-refractivity contribution in [2.24, 2.45) is 11.8 Å². The SMILES string of the molecule is CCCC(=O)OCN(C(=O)[C@@H](NC(=O)[C@H]1CCCCN1C)[C@@H](C)CC)[C@H](C[C@@H](O)c1nc(C(=O)OC)cs1)C(C)C. The number of nitrogens with one attached hydrogen (secondary N) is 1. The van der Waals surface area contributed by atoms with Crippen LogP contribution in [0.2, 0.25) is 0 Å². The minimum Gasteiger partial charge on any atom is -0.464 e. The molecule has 5 atom stereocenters. The molecule has 0 saturated carbocycles. The highest BCUT2D eigenvalue weighted by atomic mass is 32.1. The number of amides is 2. The Balaban J connectivity index is 2.37. The largest absolute Gasteiger partial charge is 0.464 e. The molecule has 11 nitrogen and oxygen atoms in total. The van der Waals surface area contributed by atoms with Crippen LogP contribution in [0.5, 0.6) is 0 Å². The maximum absolute atomic E-state index is 14.3. The van der Waals surface area contributed by atoms with Gasteiger partial charge in [-0.15, -0.1) is 11.3 Å². The highest BCUT2D eigenvalue weighted by Crippen LogP contribution is 2.29. The summed E-state index contributed by atoms with van der Waals surface area (Å²) in [6, 6.07) is -1.70. The Morgan fingerprint density at radius 1 is 1.22 bits per heavy atom. The van der Waals surface area contributed by atoms with Crippen molar-refractivity contribution in [1.82, 2.24) is 20.1 Å². The smallest absolute Gasteiger partial charge is 0.357 e. The van der Waals surface area contributed by atoms with Gasteiger partial charge in [-0.2, -0.15) is 0 Å². The van der Waals surface area contributed by atoms with Crippen molar-refractivity contribution in [3.63, 3.8) is 0 Å². The molecule has 1 aliphatic heterocycles. The molecule has 12 heteroatoms. The molecule has 2 N–H and O–H groups in total. The molecule has 1 aromatic rings. The lowest BCUT2D eigenvalue weighted by Crippen LogP contribution is -2.59. The summed E-state index contributed by atoms with van der Waals surface area (Å²) in [6.07, 6.45) is 3.18. The van der Waals surface area contributed by atoms with Gasteiger partial charge in [0.2, 0.25) is 11.8 Å². The van der Waals surface area contributed by atoms with Crippen molar-refractivity contribution in [2.75, 3.05) is 27.4 Å². The molecule has 0 bridgehead atoms. The summed E-state index contributed by atoms with van der Waals surface area (Å²) in [7, 11) is 3.18. The topological polar surface area (TPSA) is 138 Å². The molecule has 1 aliphatic rings. The zero-order chi connectivity index (χ0) is 30.7. The van der Waals surface area contributed by atoms with Gasteiger partial charge in [0.25, 0.3) is 0 Å². The molecule has 0 spiro atoms. The van der Waals surface area contributed by atoms with Gasteiger partial charge in [0.1, 0.15) is 17.2 Å². The third kappa shape index (κ3) is 9.75. The minimum absolute atomic E-state index is 0.0927. The lowest BCUT2D eigenvalue weighted by molar-refractivity contribution is -0.159. The third-order valence-corrected chi connectivity index (χ3v) is 8.73. The van der Waals surface area contributed by atoms with Crippen molar-refractivity contribution < 1.29 is 33.8 Å². The first-order valence-corrected chi connectivity index (χ1v) is 15.5. The first kappa shape index (κ1) is 34.6. The molecule has 41 heavy (non-hydrogen) atoms. The zero-order valence-corrected chi connectivity index (χ0v) is 26.4. The molecular formula is C29H48N4O7S. The number of carbonyl (C=O) groups is 4. The second-order valence-electron chi connectivity index (χ2n) is 11.2. The number of thiazole rings is 1. The molecule has 0 unspecified atom stereocenters. The average molecular weight is 597 g/mol. The Kier molecular flexibility index (Phi) is 14.2. The van der Waals surface area contributed by atoms with Crippen molar-refractivity contribution in [3.05, 3.63) is 16.1 Å². The maximum atomic E-state index is 14.3. The molecule has 0 aliphatic carbocycles. The van der Waals surface area contributed by atoms with Gasteiger partial charge in [-0.25, -0.2) is 9.78 Å². The maximum Gasteiger partial charge on any atom is 0.357 e. The summed E-state index contributed by atoms with van der Waals surface area (Å²) in [6.45, 7) is 10.1. The van der Waals surface area contributed by atoms with Crippen molar-refractivity contribution in [2.45, 2.75) is 104 Å². The fourth-order valence-electron chi connectivity index (χ4n) is 4.99. The van der Waals surface area contributed by atoms with E-state index in [4.69, 9.17) is 9.47 Å². The van der Waals surface area contributed by atoms with Crippen LogP contribution in [-0.4, -0.2) is 89.2 Å². The Morgan fingerprint density at radius 3 is 2.51 bits per heavy atom. The van der Waals surface area contributed by atoms with Crippen LogP contribution in [0.4, 0.5) is 0 Å². The Bertz CT molecular complexity index is 1020. The van der Waals surface area contributed by atoms with Gasteiger partial charge in [0.05, 0.1) is 13.2 Å². The summed E-state index contributed by atoms with van der Waals surface area (Å²) in [4.78, 5) is 59.6. The number of piperidine rings is 1. The van der Waals surface area contributed by atoms with Crippen molar-refractivity contribution >= 4 is 35.1 Å².